The zero-order chi connectivity index (χ0) is 27.3. The number of halogens is 6. The minimum absolute atomic E-state index is 0.0504. The smallest absolute Gasteiger partial charge is 0.387 e. The Kier molecular flexibility index (Phi) is 7.08. The molecule has 2 aliphatic heterocycles. The second-order valence-electron chi connectivity index (χ2n) is 9.14. The summed E-state index contributed by atoms with van der Waals surface area (Å²) in [7, 11) is 1.17. The molecule has 3 heterocycles. The first kappa shape index (κ1) is 27.0. The molecule has 2 aliphatic rings. The molecule has 2 N–H and O–H groups in total. The first-order valence-corrected chi connectivity index (χ1v) is 11.6. The highest BCUT2D eigenvalue weighted by Crippen LogP contribution is 2.35. The molecule has 2 atom stereocenters. The fraction of sp³-hybridized carbons (Fsp3) is 0.435. The molecule has 8 nitrogen and oxygen atoms in total. The number of pyridine rings is 1. The summed E-state index contributed by atoms with van der Waals surface area (Å²) in [6.45, 7) is 1.46. The number of rotatable bonds is 5. The summed E-state index contributed by atoms with van der Waals surface area (Å²) in [5.41, 5.74) is -2.82. The van der Waals surface area contributed by atoms with Crippen molar-refractivity contribution in [2.75, 3.05) is 43.0 Å². The third-order valence-electron chi connectivity index (χ3n) is 6.39. The predicted molar refractivity (Wildman–Crippen MR) is 124 cm³/mol. The van der Waals surface area contributed by atoms with Gasteiger partial charge in [-0.1, -0.05) is 11.6 Å². The van der Waals surface area contributed by atoms with E-state index in [1.165, 1.54) is 14.0 Å². The van der Waals surface area contributed by atoms with Crippen molar-refractivity contribution in [3.63, 3.8) is 0 Å². The minimum Gasteiger partial charge on any atom is -0.387 e. The molecule has 0 aliphatic carbocycles. The van der Waals surface area contributed by atoms with Crippen LogP contribution < -0.4 is 15.1 Å². The van der Waals surface area contributed by atoms with Crippen molar-refractivity contribution in [3.05, 3.63) is 52.2 Å². The molecule has 0 saturated carbocycles. The fourth-order valence-corrected chi connectivity index (χ4v) is 4.67. The number of hydrogen-bond acceptors (Lipinski definition) is 5. The molecule has 37 heavy (non-hydrogen) atoms. The number of hydrogen-bond donors (Lipinski definition) is 2. The second kappa shape index (κ2) is 9.69. The van der Waals surface area contributed by atoms with Gasteiger partial charge in [-0.3, -0.25) is 9.69 Å². The molecule has 2 fully saturated rings. The zero-order valence-electron chi connectivity index (χ0n) is 19.7. The highest BCUT2D eigenvalue weighted by Gasteiger charge is 2.48. The van der Waals surface area contributed by atoms with Gasteiger partial charge in [0.25, 0.3) is 5.91 Å². The summed E-state index contributed by atoms with van der Waals surface area (Å²) in [4.78, 5) is 33.8. The first-order valence-electron chi connectivity index (χ1n) is 11.2. The van der Waals surface area contributed by atoms with Crippen LogP contribution in [0.15, 0.2) is 24.3 Å². The van der Waals surface area contributed by atoms with Gasteiger partial charge in [0.15, 0.2) is 5.82 Å². The van der Waals surface area contributed by atoms with Crippen molar-refractivity contribution in [1.29, 1.82) is 0 Å². The molecule has 1 aromatic heterocycles. The van der Waals surface area contributed by atoms with Crippen LogP contribution >= 0.6 is 11.6 Å². The van der Waals surface area contributed by atoms with E-state index < -0.39 is 63.5 Å². The molecular formula is C23H23ClF5N5O3. The van der Waals surface area contributed by atoms with Crippen LogP contribution in [0.1, 0.15) is 17.7 Å². The Hall–Kier alpha value is -3.03. The maximum Gasteiger partial charge on any atom is 0.416 e. The standard InChI is InChI=1S/C23H23ClF5N5O3/c1-12-7-13(23(27,28)29)8-17(31-12)34-16(9-33(21(34)36)11-22(37)5-6-30-10-22)20(35)32(2)15-4-3-14(25)18(24)19(15)26/h3-4,7-8,16,30,37H,5-6,9-11H2,1-2H3/t16-,22?/m0/s1. The molecule has 1 aromatic carbocycles. The Morgan fingerprint density at radius 1 is 1.32 bits per heavy atom. The summed E-state index contributed by atoms with van der Waals surface area (Å²) >= 11 is 5.64. The van der Waals surface area contributed by atoms with Crippen LogP contribution in [-0.2, 0) is 11.0 Å². The number of β-amino-alcohol motifs (C(OH)–C–C–N with tert-alkyl or cyclic N) is 1. The Balaban J connectivity index is 1.75. The predicted octanol–water partition coefficient (Wildman–Crippen LogP) is 3.34. The first-order chi connectivity index (χ1) is 17.2. The maximum absolute atomic E-state index is 14.7. The average molecular weight is 548 g/mol. The normalized spacial score (nSPS) is 22.2. The molecule has 1 unspecified atom stereocenters. The quantitative estimate of drug-likeness (QED) is 0.443. The number of likely N-dealkylation sites (N-methyl/N-ethyl adjacent to an activating group) is 1. The molecule has 0 bridgehead atoms. The number of amides is 3. The molecule has 200 valence electrons. The molecule has 4 rings (SSSR count). The van der Waals surface area contributed by atoms with Crippen molar-refractivity contribution in [2.45, 2.75) is 31.2 Å². The van der Waals surface area contributed by atoms with Crippen LogP contribution in [0, 0.1) is 18.6 Å². The molecule has 2 saturated heterocycles. The Morgan fingerprint density at radius 2 is 2.03 bits per heavy atom. The zero-order valence-corrected chi connectivity index (χ0v) is 20.5. The van der Waals surface area contributed by atoms with Crippen LogP contribution in [-0.4, -0.2) is 71.8 Å². The molecule has 0 radical (unpaired) electrons. The second-order valence-corrected chi connectivity index (χ2v) is 9.52. The van der Waals surface area contributed by atoms with Crippen molar-refractivity contribution in [1.82, 2.24) is 15.2 Å². The van der Waals surface area contributed by atoms with Gasteiger partial charge >= 0.3 is 12.2 Å². The lowest BCUT2D eigenvalue weighted by atomic mass is 10.0. The van der Waals surface area contributed by atoms with Crippen molar-refractivity contribution in [3.8, 4) is 0 Å². The van der Waals surface area contributed by atoms with Gasteiger partial charge in [-0.05, 0) is 44.2 Å². The van der Waals surface area contributed by atoms with Gasteiger partial charge in [0.05, 0.1) is 29.9 Å². The number of nitrogens with one attached hydrogen (secondary N) is 1. The van der Waals surface area contributed by atoms with Crippen LogP contribution in [0.2, 0.25) is 5.02 Å². The Labute approximate surface area is 213 Å². The van der Waals surface area contributed by atoms with Crippen LogP contribution in [0.5, 0.6) is 0 Å². The van der Waals surface area contributed by atoms with E-state index in [-0.39, 0.29) is 25.3 Å². The van der Waals surface area contributed by atoms with Crippen molar-refractivity contribution in [2.24, 2.45) is 0 Å². The van der Waals surface area contributed by atoms with Crippen LogP contribution in [0.4, 0.5) is 38.3 Å². The van der Waals surface area contributed by atoms with Gasteiger partial charge in [0.2, 0.25) is 0 Å². The van der Waals surface area contributed by atoms with E-state index >= 15 is 0 Å². The third kappa shape index (κ3) is 5.20. The number of aromatic nitrogens is 1. The Morgan fingerprint density at radius 3 is 2.65 bits per heavy atom. The SMILES string of the molecule is Cc1cc(C(F)(F)F)cc(N2C(=O)N(CC3(O)CCNC3)C[C@H]2C(=O)N(C)c2ccc(F)c(Cl)c2F)n1. The van der Waals surface area contributed by atoms with Crippen molar-refractivity contribution < 1.29 is 36.6 Å². The number of anilines is 2. The summed E-state index contributed by atoms with van der Waals surface area (Å²) in [5.74, 6) is -3.58. The van der Waals surface area contributed by atoms with E-state index in [4.69, 9.17) is 11.6 Å². The van der Waals surface area contributed by atoms with E-state index in [1.807, 2.05) is 0 Å². The summed E-state index contributed by atoms with van der Waals surface area (Å²) in [6, 6.07) is 0.996. The highest BCUT2D eigenvalue weighted by molar-refractivity contribution is 6.31. The third-order valence-corrected chi connectivity index (χ3v) is 6.74. The number of aryl methyl sites for hydroxylation is 1. The number of carbonyl (C=O) groups excluding carboxylic acids is 2. The lowest BCUT2D eigenvalue weighted by Crippen LogP contribution is -2.47. The van der Waals surface area contributed by atoms with E-state index in [9.17, 15) is 36.6 Å². The van der Waals surface area contributed by atoms with Gasteiger partial charge in [-0.2, -0.15) is 13.2 Å². The van der Waals surface area contributed by atoms with E-state index in [0.29, 0.717) is 19.0 Å². The van der Waals surface area contributed by atoms with Crippen molar-refractivity contribution >= 4 is 35.0 Å². The fourth-order valence-electron chi connectivity index (χ4n) is 4.51. The molecular weight excluding hydrogens is 525 g/mol. The highest BCUT2D eigenvalue weighted by atomic mass is 35.5. The van der Waals surface area contributed by atoms with Gasteiger partial charge in [-0.15, -0.1) is 0 Å². The molecule has 14 heteroatoms. The van der Waals surface area contributed by atoms with Gasteiger partial charge in [-0.25, -0.2) is 18.6 Å². The summed E-state index contributed by atoms with van der Waals surface area (Å²) in [5, 5.41) is 12.9. The monoisotopic (exact) mass is 547 g/mol. The number of alkyl halides is 3. The number of carbonyl (C=O) groups is 2. The topological polar surface area (TPSA) is 89.0 Å². The summed E-state index contributed by atoms with van der Waals surface area (Å²) in [6.07, 6.45) is -4.44. The molecule has 2 aromatic rings. The number of aliphatic hydroxyl groups is 1. The van der Waals surface area contributed by atoms with Gasteiger partial charge < -0.3 is 20.2 Å². The molecule has 3 amide bonds. The Bertz CT molecular complexity index is 1240. The maximum atomic E-state index is 14.7. The lowest BCUT2D eigenvalue weighted by molar-refractivity contribution is -0.137. The van der Waals surface area contributed by atoms with Gasteiger partial charge in [0.1, 0.15) is 22.7 Å². The van der Waals surface area contributed by atoms with Gasteiger partial charge in [0, 0.05) is 19.3 Å². The lowest BCUT2D eigenvalue weighted by Gasteiger charge is -2.27. The number of benzene rings is 1. The van der Waals surface area contributed by atoms with Crippen LogP contribution in [0.3, 0.4) is 0 Å². The minimum atomic E-state index is -4.75. The summed E-state index contributed by atoms with van der Waals surface area (Å²) < 4.78 is 68.8. The molecule has 0 spiro atoms. The van der Waals surface area contributed by atoms with Crippen LogP contribution in [0.25, 0.3) is 0 Å². The average Bonchev–Trinajstić information content (AvgIpc) is 3.39. The number of nitrogens with zero attached hydrogens (tertiary/aromatic N) is 4. The van der Waals surface area contributed by atoms with E-state index in [0.717, 1.165) is 32.9 Å². The largest absolute Gasteiger partial charge is 0.416 e. The van der Waals surface area contributed by atoms with E-state index in [1.54, 1.807) is 0 Å². The number of urea groups is 1. The van der Waals surface area contributed by atoms with E-state index in [2.05, 4.69) is 10.3 Å².